The third-order valence-corrected chi connectivity index (χ3v) is 4.32. The van der Waals surface area contributed by atoms with Gasteiger partial charge < -0.3 is 15.2 Å². The second-order valence-electron chi connectivity index (χ2n) is 5.03. The van der Waals surface area contributed by atoms with Gasteiger partial charge in [-0.2, -0.15) is 0 Å². The molecule has 0 aromatic heterocycles. The number of rotatable bonds is 6. The van der Waals surface area contributed by atoms with Crippen LogP contribution in [0.5, 0.6) is 11.5 Å². The molecule has 0 fully saturated rings. The Kier molecular flexibility index (Phi) is 7.34. The Morgan fingerprint density at radius 1 is 1.15 bits per heavy atom. The topological polar surface area (TPSA) is 73.6 Å². The maximum absolute atomic E-state index is 12.1. The Hall–Kier alpha value is -1.73. The van der Waals surface area contributed by atoms with Crippen LogP contribution in [-0.4, -0.2) is 17.6 Å². The van der Waals surface area contributed by atoms with Crippen molar-refractivity contribution in [3.8, 4) is 11.5 Å². The minimum Gasteiger partial charge on any atom is -0.490 e. The van der Waals surface area contributed by atoms with Crippen molar-refractivity contribution in [2.45, 2.75) is 13.5 Å². The summed E-state index contributed by atoms with van der Waals surface area (Å²) in [5.74, 6) is 0.0775. The number of halogens is 3. The highest BCUT2D eigenvalue weighted by Crippen LogP contribution is 2.38. The summed E-state index contributed by atoms with van der Waals surface area (Å²) < 4.78 is 11.3. The standard InChI is InChI=1S/C17H15Cl3N2O3S/c1-2-24-14-7-9(16(23)22-17(21)26)6-13(20)15(14)25-8-10-11(18)4-3-5-12(10)19/h3-7H,2,8H2,1H3,(H3,21,22,23,26). The van der Waals surface area contributed by atoms with Gasteiger partial charge in [-0.15, -0.1) is 0 Å². The molecule has 0 saturated heterocycles. The fourth-order valence-electron chi connectivity index (χ4n) is 2.10. The highest BCUT2D eigenvalue weighted by atomic mass is 35.5. The third kappa shape index (κ3) is 5.14. The van der Waals surface area contributed by atoms with E-state index in [-0.39, 0.29) is 28.1 Å². The summed E-state index contributed by atoms with van der Waals surface area (Å²) in [6.45, 7) is 2.22. The number of hydrogen-bond donors (Lipinski definition) is 2. The molecule has 0 atom stereocenters. The Morgan fingerprint density at radius 3 is 2.38 bits per heavy atom. The van der Waals surface area contributed by atoms with E-state index in [0.717, 1.165) is 0 Å². The molecule has 0 aliphatic carbocycles. The van der Waals surface area contributed by atoms with Gasteiger partial charge in [-0.3, -0.25) is 10.1 Å². The first-order valence-corrected chi connectivity index (χ1v) is 9.00. The summed E-state index contributed by atoms with van der Waals surface area (Å²) in [6, 6.07) is 8.08. The van der Waals surface area contributed by atoms with Gasteiger partial charge in [0.1, 0.15) is 6.61 Å². The number of carbonyl (C=O) groups is 1. The highest BCUT2D eigenvalue weighted by Gasteiger charge is 2.18. The number of nitrogens with one attached hydrogen (secondary N) is 1. The lowest BCUT2D eigenvalue weighted by atomic mass is 10.2. The van der Waals surface area contributed by atoms with E-state index in [1.807, 2.05) is 0 Å². The zero-order chi connectivity index (χ0) is 19.3. The molecule has 138 valence electrons. The lowest BCUT2D eigenvalue weighted by molar-refractivity contribution is 0.0977. The van der Waals surface area contributed by atoms with Crippen molar-refractivity contribution in [3.05, 3.63) is 56.5 Å². The van der Waals surface area contributed by atoms with E-state index in [4.69, 9.17) is 50.0 Å². The largest absolute Gasteiger partial charge is 0.490 e. The van der Waals surface area contributed by atoms with Gasteiger partial charge >= 0.3 is 0 Å². The number of thiocarbonyl (C=S) groups is 1. The minimum atomic E-state index is -0.499. The minimum absolute atomic E-state index is 0.0801. The molecule has 0 bridgehead atoms. The highest BCUT2D eigenvalue weighted by molar-refractivity contribution is 7.80. The first kappa shape index (κ1) is 20.6. The van der Waals surface area contributed by atoms with Crippen LogP contribution in [0.2, 0.25) is 15.1 Å². The Morgan fingerprint density at radius 2 is 1.81 bits per heavy atom. The molecule has 0 radical (unpaired) electrons. The summed E-state index contributed by atoms with van der Waals surface area (Å²) in [7, 11) is 0. The van der Waals surface area contributed by atoms with Gasteiger partial charge in [0.05, 0.1) is 11.6 Å². The number of ether oxygens (including phenoxy) is 2. The lowest BCUT2D eigenvalue weighted by Crippen LogP contribution is -2.34. The van der Waals surface area contributed by atoms with Crippen molar-refractivity contribution in [3.63, 3.8) is 0 Å². The van der Waals surface area contributed by atoms with Crippen LogP contribution >= 0.6 is 47.0 Å². The van der Waals surface area contributed by atoms with E-state index in [2.05, 4.69) is 17.5 Å². The molecule has 0 saturated carbocycles. The number of amides is 1. The molecule has 2 aromatic carbocycles. The Labute approximate surface area is 171 Å². The van der Waals surface area contributed by atoms with Crippen LogP contribution in [0.3, 0.4) is 0 Å². The second kappa shape index (κ2) is 9.28. The van der Waals surface area contributed by atoms with Crippen molar-refractivity contribution in [1.29, 1.82) is 0 Å². The average molecular weight is 434 g/mol. The first-order chi connectivity index (χ1) is 12.3. The maximum atomic E-state index is 12.1. The molecular formula is C17H15Cl3N2O3S. The normalized spacial score (nSPS) is 10.3. The molecule has 3 N–H and O–H groups in total. The van der Waals surface area contributed by atoms with E-state index in [9.17, 15) is 4.79 Å². The molecule has 9 heteroatoms. The van der Waals surface area contributed by atoms with Crippen LogP contribution in [0.4, 0.5) is 0 Å². The van der Waals surface area contributed by atoms with Gasteiger partial charge in [-0.25, -0.2) is 0 Å². The molecule has 26 heavy (non-hydrogen) atoms. The quantitative estimate of drug-likeness (QED) is 0.651. The first-order valence-electron chi connectivity index (χ1n) is 7.46. The van der Waals surface area contributed by atoms with Gasteiger partial charge in [0.25, 0.3) is 5.91 Å². The van der Waals surface area contributed by atoms with Crippen LogP contribution < -0.4 is 20.5 Å². The van der Waals surface area contributed by atoms with Crippen molar-refractivity contribution in [2.75, 3.05) is 6.61 Å². The van der Waals surface area contributed by atoms with Gasteiger partial charge in [0.15, 0.2) is 16.6 Å². The summed E-state index contributed by atoms with van der Waals surface area (Å²) in [5.41, 5.74) is 6.17. The number of carbonyl (C=O) groups excluding carboxylic acids is 1. The lowest BCUT2D eigenvalue weighted by Gasteiger charge is -2.16. The van der Waals surface area contributed by atoms with Crippen LogP contribution in [0.15, 0.2) is 30.3 Å². The van der Waals surface area contributed by atoms with Crippen LogP contribution in [0.1, 0.15) is 22.8 Å². The molecular weight excluding hydrogens is 419 g/mol. The summed E-state index contributed by atoms with van der Waals surface area (Å²) in [6.07, 6.45) is 0. The maximum Gasteiger partial charge on any atom is 0.257 e. The van der Waals surface area contributed by atoms with E-state index >= 15 is 0 Å². The van der Waals surface area contributed by atoms with Crippen LogP contribution in [-0.2, 0) is 6.61 Å². The fraction of sp³-hybridized carbons (Fsp3) is 0.176. The Bertz CT molecular complexity index is 826. The van der Waals surface area contributed by atoms with Crippen molar-refractivity contribution >= 4 is 58.0 Å². The SMILES string of the molecule is CCOc1cc(C(=O)NC(N)=S)cc(Cl)c1OCc1c(Cl)cccc1Cl. The molecule has 0 aliphatic heterocycles. The smallest absolute Gasteiger partial charge is 0.257 e. The van der Waals surface area contributed by atoms with Crippen LogP contribution in [0.25, 0.3) is 0 Å². The predicted molar refractivity (Wildman–Crippen MR) is 108 cm³/mol. The van der Waals surface area contributed by atoms with Crippen molar-refractivity contribution in [1.82, 2.24) is 5.32 Å². The zero-order valence-electron chi connectivity index (χ0n) is 13.6. The molecule has 0 aliphatic rings. The third-order valence-electron chi connectivity index (χ3n) is 3.23. The molecule has 2 rings (SSSR count). The monoisotopic (exact) mass is 432 g/mol. The molecule has 1 amide bonds. The molecule has 0 heterocycles. The van der Waals surface area contributed by atoms with E-state index < -0.39 is 5.91 Å². The van der Waals surface area contributed by atoms with E-state index in [1.54, 1.807) is 25.1 Å². The number of nitrogens with two attached hydrogens (primary N) is 1. The summed E-state index contributed by atoms with van der Waals surface area (Å²) >= 11 is 23.2. The fourth-order valence-corrected chi connectivity index (χ4v) is 2.97. The van der Waals surface area contributed by atoms with E-state index in [1.165, 1.54) is 12.1 Å². The Balaban J connectivity index is 2.32. The van der Waals surface area contributed by atoms with Gasteiger partial charge in [-0.1, -0.05) is 40.9 Å². The van der Waals surface area contributed by atoms with Crippen molar-refractivity contribution < 1.29 is 14.3 Å². The second-order valence-corrected chi connectivity index (χ2v) is 6.69. The van der Waals surface area contributed by atoms with Crippen molar-refractivity contribution in [2.24, 2.45) is 5.73 Å². The molecule has 5 nitrogen and oxygen atoms in total. The number of hydrogen-bond acceptors (Lipinski definition) is 4. The van der Waals surface area contributed by atoms with Gasteiger partial charge in [0, 0.05) is 21.2 Å². The summed E-state index contributed by atoms with van der Waals surface area (Å²) in [5, 5.41) is 3.32. The molecule has 0 spiro atoms. The van der Waals surface area contributed by atoms with Gasteiger partial charge in [-0.05, 0) is 43.4 Å². The molecule has 0 unspecified atom stereocenters. The zero-order valence-corrected chi connectivity index (χ0v) is 16.7. The number of benzene rings is 2. The summed E-state index contributed by atoms with van der Waals surface area (Å²) in [4.78, 5) is 12.1. The van der Waals surface area contributed by atoms with Crippen LogP contribution in [0, 0.1) is 0 Å². The van der Waals surface area contributed by atoms with E-state index in [0.29, 0.717) is 28.0 Å². The van der Waals surface area contributed by atoms with Gasteiger partial charge in [0.2, 0.25) is 0 Å². The predicted octanol–water partition coefficient (Wildman–Crippen LogP) is 4.60. The average Bonchev–Trinajstić information content (AvgIpc) is 2.55. The molecule has 2 aromatic rings.